The summed E-state index contributed by atoms with van der Waals surface area (Å²) in [7, 11) is 1.60. The summed E-state index contributed by atoms with van der Waals surface area (Å²) in [5.41, 5.74) is 3.01. The van der Waals surface area contributed by atoms with E-state index in [0.29, 0.717) is 17.0 Å². The highest BCUT2D eigenvalue weighted by Gasteiger charge is 2.21. The first-order chi connectivity index (χ1) is 12.5. The number of ketones is 1. The van der Waals surface area contributed by atoms with Gasteiger partial charge in [-0.15, -0.1) is 0 Å². The Labute approximate surface area is 152 Å². The fraction of sp³-hybridized carbons (Fsp3) is 0.238. The third-order valence-corrected chi connectivity index (χ3v) is 4.20. The van der Waals surface area contributed by atoms with Crippen molar-refractivity contribution in [3.05, 3.63) is 59.2 Å². The van der Waals surface area contributed by atoms with E-state index in [9.17, 15) is 9.59 Å². The molecule has 0 unspecified atom stereocenters. The maximum absolute atomic E-state index is 12.2. The zero-order chi connectivity index (χ0) is 18.7. The number of benzene rings is 2. The van der Waals surface area contributed by atoms with E-state index in [-0.39, 0.29) is 17.8 Å². The van der Waals surface area contributed by atoms with Crippen molar-refractivity contribution < 1.29 is 19.1 Å². The second-order valence-corrected chi connectivity index (χ2v) is 6.29. The lowest BCUT2D eigenvalue weighted by Gasteiger charge is -2.08. The molecule has 5 nitrogen and oxygen atoms in total. The molecule has 0 saturated heterocycles. The smallest absolute Gasteiger partial charge is 0.248 e. The molecule has 1 aliphatic heterocycles. The first kappa shape index (κ1) is 17.7. The third-order valence-electron chi connectivity index (χ3n) is 4.20. The van der Waals surface area contributed by atoms with Crippen LogP contribution in [-0.2, 0) is 11.2 Å². The molecule has 0 aromatic heterocycles. The number of carbonyl (C=O) groups is 2. The van der Waals surface area contributed by atoms with Crippen molar-refractivity contribution in [1.82, 2.24) is 0 Å². The van der Waals surface area contributed by atoms with E-state index >= 15 is 0 Å². The molecule has 134 valence electrons. The summed E-state index contributed by atoms with van der Waals surface area (Å²) in [5.74, 6) is 1.19. The molecule has 1 atom stereocenters. The van der Waals surface area contributed by atoms with Gasteiger partial charge in [0.05, 0.1) is 7.11 Å². The molecule has 26 heavy (non-hydrogen) atoms. The maximum atomic E-state index is 12.2. The highest BCUT2D eigenvalue weighted by Crippen LogP contribution is 2.35. The average Bonchev–Trinajstić information content (AvgIpc) is 2.98. The van der Waals surface area contributed by atoms with E-state index in [4.69, 9.17) is 9.47 Å². The van der Waals surface area contributed by atoms with Crippen LogP contribution in [0.4, 0.5) is 5.69 Å². The van der Waals surface area contributed by atoms with E-state index in [1.54, 1.807) is 37.5 Å². The number of Topliss-reactive ketones (excluding diaryl/α,β-unsaturated/α-hetero) is 1. The second-order valence-electron chi connectivity index (χ2n) is 6.29. The number of nitrogens with one attached hydrogen (secondary N) is 1. The Morgan fingerprint density at radius 1 is 1.27 bits per heavy atom. The van der Waals surface area contributed by atoms with Gasteiger partial charge in [0, 0.05) is 34.9 Å². The fourth-order valence-corrected chi connectivity index (χ4v) is 2.93. The first-order valence-electron chi connectivity index (χ1n) is 8.44. The van der Waals surface area contributed by atoms with Gasteiger partial charge in [-0.2, -0.15) is 0 Å². The van der Waals surface area contributed by atoms with Gasteiger partial charge in [-0.25, -0.2) is 0 Å². The summed E-state index contributed by atoms with van der Waals surface area (Å²) in [6, 6.07) is 10.7. The van der Waals surface area contributed by atoms with Crippen molar-refractivity contribution in [2.24, 2.45) is 0 Å². The average molecular weight is 351 g/mol. The number of hydrogen-bond acceptors (Lipinski definition) is 4. The molecular formula is C21H21NO4. The quantitative estimate of drug-likeness (QED) is 0.656. The van der Waals surface area contributed by atoms with Crippen LogP contribution in [0.2, 0.25) is 0 Å². The van der Waals surface area contributed by atoms with Crippen LogP contribution in [0.1, 0.15) is 35.3 Å². The van der Waals surface area contributed by atoms with E-state index < -0.39 is 0 Å². The minimum atomic E-state index is -0.289. The number of ether oxygens (including phenoxy) is 2. The molecule has 1 heterocycles. The number of rotatable bonds is 5. The van der Waals surface area contributed by atoms with Gasteiger partial charge < -0.3 is 14.8 Å². The molecule has 0 aliphatic carbocycles. The predicted octanol–water partition coefficient (Wildman–Crippen LogP) is 3.87. The minimum absolute atomic E-state index is 0.0475. The Balaban J connectivity index is 1.75. The summed E-state index contributed by atoms with van der Waals surface area (Å²) in [6.07, 6.45) is 4.12. The number of hydrogen-bond donors (Lipinski definition) is 1. The third kappa shape index (κ3) is 3.94. The Kier molecular flexibility index (Phi) is 5.07. The van der Waals surface area contributed by atoms with Crippen molar-refractivity contribution in [3.8, 4) is 11.5 Å². The van der Waals surface area contributed by atoms with Gasteiger partial charge in [0.25, 0.3) is 0 Å². The van der Waals surface area contributed by atoms with Crippen molar-refractivity contribution in [2.45, 2.75) is 26.4 Å². The van der Waals surface area contributed by atoms with Crippen LogP contribution in [0.5, 0.6) is 11.5 Å². The summed E-state index contributed by atoms with van der Waals surface area (Å²) < 4.78 is 11.2. The molecular weight excluding hydrogens is 330 g/mol. The van der Waals surface area contributed by atoms with Crippen LogP contribution in [0, 0.1) is 0 Å². The monoisotopic (exact) mass is 351 g/mol. The van der Waals surface area contributed by atoms with E-state index in [2.05, 4.69) is 5.32 Å². The van der Waals surface area contributed by atoms with Gasteiger partial charge in [0.2, 0.25) is 5.91 Å². The molecule has 3 rings (SSSR count). The second kappa shape index (κ2) is 7.44. The van der Waals surface area contributed by atoms with Gasteiger partial charge in [-0.1, -0.05) is 12.1 Å². The lowest BCUT2D eigenvalue weighted by molar-refractivity contribution is -0.111. The van der Waals surface area contributed by atoms with Crippen molar-refractivity contribution in [2.75, 3.05) is 12.4 Å². The molecule has 2 aromatic rings. The molecule has 0 saturated carbocycles. The number of amides is 1. The summed E-state index contributed by atoms with van der Waals surface area (Å²) in [6.45, 7) is 3.51. The number of fused-ring (bicyclic) bond motifs is 1. The molecule has 1 N–H and O–H groups in total. The Hall–Kier alpha value is -3.08. The fourth-order valence-electron chi connectivity index (χ4n) is 2.93. The largest absolute Gasteiger partial charge is 0.496 e. The number of methoxy groups -OCH3 is 1. The number of anilines is 1. The minimum Gasteiger partial charge on any atom is -0.496 e. The van der Waals surface area contributed by atoms with Crippen LogP contribution in [-0.4, -0.2) is 24.9 Å². The Bertz CT molecular complexity index is 886. The van der Waals surface area contributed by atoms with E-state index in [1.165, 1.54) is 13.0 Å². The normalized spacial score (nSPS) is 15.4. The van der Waals surface area contributed by atoms with Gasteiger partial charge in [0.1, 0.15) is 17.6 Å². The Morgan fingerprint density at radius 2 is 2.08 bits per heavy atom. The zero-order valence-corrected chi connectivity index (χ0v) is 15.0. The van der Waals surface area contributed by atoms with Crippen LogP contribution in [0.25, 0.3) is 6.08 Å². The van der Waals surface area contributed by atoms with Crippen LogP contribution in [0.15, 0.2) is 42.5 Å². The van der Waals surface area contributed by atoms with Crippen molar-refractivity contribution in [3.63, 3.8) is 0 Å². The molecule has 1 aliphatic rings. The lowest BCUT2D eigenvalue weighted by atomic mass is 10.1. The molecule has 2 aromatic carbocycles. The predicted molar refractivity (Wildman–Crippen MR) is 101 cm³/mol. The lowest BCUT2D eigenvalue weighted by Crippen LogP contribution is -2.08. The highest BCUT2D eigenvalue weighted by atomic mass is 16.5. The number of carbonyl (C=O) groups excluding carboxylic acids is 2. The first-order valence-corrected chi connectivity index (χ1v) is 8.44. The van der Waals surface area contributed by atoms with Crippen molar-refractivity contribution in [1.29, 1.82) is 0 Å². The highest BCUT2D eigenvalue weighted by molar-refractivity contribution is 6.03. The van der Waals surface area contributed by atoms with E-state index in [1.807, 2.05) is 19.1 Å². The zero-order valence-electron chi connectivity index (χ0n) is 15.0. The van der Waals surface area contributed by atoms with Gasteiger partial charge in [0.15, 0.2) is 5.78 Å². The van der Waals surface area contributed by atoms with Gasteiger partial charge >= 0.3 is 0 Å². The topological polar surface area (TPSA) is 64.6 Å². The standard InChI is InChI=1S/C21H21NO4/c1-13-9-17-12-19(25-3)16(11-20(17)26-13)7-8-21(24)22-18-6-4-5-15(10-18)14(2)23/h4-8,10-13H,9H2,1-3H3,(H,22,24)/b8-7+/t13-/m1/s1. The SMILES string of the molecule is COc1cc2c(cc1/C=C/C(=O)Nc1cccc(C(C)=O)c1)O[C@H](C)C2. The van der Waals surface area contributed by atoms with Crippen LogP contribution in [0.3, 0.4) is 0 Å². The van der Waals surface area contributed by atoms with Crippen molar-refractivity contribution >= 4 is 23.5 Å². The molecule has 0 spiro atoms. The van der Waals surface area contributed by atoms with Gasteiger partial charge in [-0.05, 0) is 44.2 Å². The van der Waals surface area contributed by atoms with Gasteiger partial charge in [-0.3, -0.25) is 9.59 Å². The molecule has 0 radical (unpaired) electrons. The molecule has 0 fully saturated rings. The molecule has 5 heteroatoms. The molecule has 1 amide bonds. The van der Waals surface area contributed by atoms with E-state index in [0.717, 1.165) is 23.3 Å². The summed E-state index contributed by atoms with van der Waals surface area (Å²) >= 11 is 0. The summed E-state index contributed by atoms with van der Waals surface area (Å²) in [4.78, 5) is 23.6. The van der Waals surface area contributed by atoms with Crippen LogP contribution < -0.4 is 14.8 Å². The maximum Gasteiger partial charge on any atom is 0.248 e. The summed E-state index contributed by atoms with van der Waals surface area (Å²) in [5, 5.41) is 2.75. The molecule has 0 bridgehead atoms. The van der Waals surface area contributed by atoms with Crippen LogP contribution >= 0.6 is 0 Å². The Morgan fingerprint density at radius 3 is 2.81 bits per heavy atom.